The number of amides is 2. The summed E-state index contributed by atoms with van der Waals surface area (Å²) in [5.74, 6) is -2.26. The summed E-state index contributed by atoms with van der Waals surface area (Å²) in [6, 6.07) is 5.66. The van der Waals surface area contributed by atoms with E-state index in [1.54, 1.807) is 17.0 Å². The molecule has 2 atom stereocenters. The number of nitrogens with one attached hydrogen (secondary N) is 2. The van der Waals surface area contributed by atoms with Gasteiger partial charge in [0, 0.05) is 29.8 Å². The molecular weight excluding hydrogens is 467 g/mol. The Hall–Kier alpha value is -2.59. The van der Waals surface area contributed by atoms with Gasteiger partial charge in [0.05, 0.1) is 12.3 Å². The number of rotatable bonds is 6. The minimum absolute atomic E-state index is 0.0303. The number of carbonyl (C=O) groups is 1. The van der Waals surface area contributed by atoms with Gasteiger partial charge in [0.2, 0.25) is 10.0 Å². The van der Waals surface area contributed by atoms with Crippen molar-refractivity contribution in [2.75, 3.05) is 6.26 Å². The number of hydrogen-bond donors (Lipinski definition) is 2. The van der Waals surface area contributed by atoms with Crippen molar-refractivity contribution in [2.45, 2.75) is 57.3 Å². The summed E-state index contributed by atoms with van der Waals surface area (Å²) in [5.41, 5.74) is 0.322. The number of benzene rings is 2. The van der Waals surface area contributed by atoms with E-state index in [0.29, 0.717) is 18.9 Å². The van der Waals surface area contributed by atoms with Crippen LogP contribution in [0.5, 0.6) is 0 Å². The molecule has 2 heterocycles. The van der Waals surface area contributed by atoms with E-state index >= 15 is 4.39 Å². The number of fused-ring (bicyclic) bond motifs is 2. The smallest absolute Gasteiger partial charge is 0.318 e. The lowest BCUT2D eigenvalue weighted by molar-refractivity contribution is -0.0247. The van der Waals surface area contributed by atoms with Crippen LogP contribution in [0.3, 0.4) is 0 Å². The van der Waals surface area contributed by atoms with E-state index in [-0.39, 0.29) is 47.1 Å². The molecular formula is C24H28F3N3O3S. The molecule has 2 bridgehead atoms. The third-order valence-corrected chi connectivity index (χ3v) is 7.20. The molecule has 3 aliphatic rings. The molecule has 2 aromatic rings. The molecule has 2 aromatic carbocycles. The summed E-state index contributed by atoms with van der Waals surface area (Å²) in [6.45, 7) is 3.65. The first-order valence-corrected chi connectivity index (χ1v) is 13.1. The third-order valence-electron chi connectivity index (χ3n) is 6.50. The van der Waals surface area contributed by atoms with Crippen LogP contribution in [0.4, 0.5) is 18.0 Å². The topological polar surface area (TPSA) is 78.5 Å². The molecule has 6 nitrogen and oxygen atoms in total. The maximum Gasteiger partial charge on any atom is 0.318 e. The molecule has 2 amide bonds. The molecule has 10 heteroatoms. The van der Waals surface area contributed by atoms with Crippen LogP contribution < -0.4 is 10.0 Å². The van der Waals surface area contributed by atoms with Gasteiger partial charge in [-0.2, -0.15) is 0 Å². The fourth-order valence-electron chi connectivity index (χ4n) is 5.09. The van der Waals surface area contributed by atoms with Crippen LogP contribution in [0.1, 0.15) is 32.3 Å². The van der Waals surface area contributed by atoms with Crippen LogP contribution in [-0.4, -0.2) is 49.8 Å². The zero-order valence-electron chi connectivity index (χ0n) is 19.2. The molecule has 3 fully saturated rings. The quantitative estimate of drug-likeness (QED) is 0.640. The number of piperidine rings is 2. The van der Waals surface area contributed by atoms with Crippen molar-refractivity contribution in [1.82, 2.24) is 14.9 Å². The first-order valence-electron chi connectivity index (χ1n) is 11.2. The highest BCUT2D eigenvalue weighted by molar-refractivity contribution is 7.88. The Morgan fingerprint density at radius 3 is 2.35 bits per heavy atom. The molecule has 2 aliphatic heterocycles. The van der Waals surface area contributed by atoms with Crippen molar-refractivity contribution < 1.29 is 26.4 Å². The zero-order valence-corrected chi connectivity index (χ0v) is 20.0. The lowest BCUT2D eigenvalue weighted by atomic mass is 9.67. The number of hydrogen-bond acceptors (Lipinski definition) is 3. The summed E-state index contributed by atoms with van der Waals surface area (Å²) >= 11 is 0. The van der Waals surface area contributed by atoms with Crippen LogP contribution in [0.2, 0.25) is 0 Å². The number of carbonyl (C=O) groups excluding carboxylic acids is 1. The highest BCUT2D eigenvalue weighted by Crippen LogP contribution is 2.44. The first-order chi connectivity index (χ1) is 15.9. The molecule has 184 valence electrons. The van der Waals surface area contributed by atoms with Gasteiger partial charge in [-0.05, 0) is 62.3 Å². The van der Waals surface area contributed by atoms with E-state index in [1.165, 1.54) is 6.07 Å². The lowest BCUT2D eigenvalue weighted by Gasteiger charge is -2.57. The third kappa shape index (κ3) is 5.07. The first kappa shape index (κ1) is 24.5. The Bertz CT molecular complexity index is 1180. The van der Waals surface area contributed by atoms with E-state index in [4.69, 9.17) is 0 Å². The summed E-state index contributed by atoms with van der Waals surface area (Å²) < 4.78 is 69.9. The average Bonchev–Trinajstić information content (AvgIpc) is 2.66. The second-order valence-corrected chi connectivity index (χ2v) is 11.3. The Morgan fingerprint density at radius 2 is 1.76 bits per heavy atom. The van der Waals surface area contributed by atoms with Gasteiger partial charge in [-0.25, -0.2) is 31.1 Å². The molecule has 34 heavy (non-hydrogen) atoms. The van der Waals surface area contributed by atoms with Crippen LogP contribution in [0.25, 0.3) is 11.1 Å². The largest absolute Gasteiger partial charge is 0.336 e. The maximum atomic E-state index is 15.6. The van der Waals surface area contributed by atoms with Crippen LogP contribution in [-0.2, 0) is 16.4 Å². The standard InChI is InChI=1S/C24H28F3N3O3S/c1-13(2)28-24(31)30-19-9-16(10-19)23(29-34(3,32)33)21(30)11-14-5-4-6-20(22(14)27)15-7-17(25)12-18(26)8-15/h4-8,12-13,16,19,21,23,29H,9-11H2,1-3H3,(H,28,31)/t16?,19?,21-,23-/m0/s1. The normalized spacial score (nSPS) is 24.1. The Morgan fingerprint density at radius 1 is 1.12 bits per heavy atom. The fourth-order valence-corrected chi connectivity index (χ4v) is 5.93. The van der Waals surface area contributed by atoms with Crippen LogP contribution in [0, 0.1) is 23.4 Å². The number of sulfonamides is 1. The van der Waals surface area contributed by atoms with Gasteiger partial charge in [0.1, 0.15) is 17.5 Å². The zero-order chi connectivity index (χ0) is 24.8. The summed E-state index contributed by atoms with van der Waals surface area (Å²) in [7, 11) is -3.59. The molecule has 1 saturated carbocycles. The van der Waals surface area contributed by atoms with Gasteiger partial charge in [-0.3, -0.25) is 0 Å². The number of nitrogens with zero attached hydrogens (tertiary/aromatic N) is 1. The van der Waals surface area contributed by atoms with Gasteiger partial charge in [-0.15, -0.1) is 0 Å². The lowest BCUT2D eigenvalue weighted by Crippen LogP contribution is -2.71. The van der Waals surface area contributed by atoms with Crippen molar-refractivity contribution in [2.24, 2.45) is 5.92 Å². The van der Waals surface area contributed by atoms with Gasteiger partial charge in [0.25, 0.3) is 0 Å². The van der Waals surface area contributed by atoms with Gasteiger partial charge >= 0.3 is 6.03 Å². The maximum absolute atomic E-state index is 15.6. The van der Waals surface area contributed by atoms with Crippen molar-refractivity contribution in [3.63, 3.8) is 0 Å². The van der Waals surface area contributed by atoms with E-state index in [1.807, 2.05) is 13.8 Å². The summed E-state index contributed by atoms with van der Waals surface area (Å²) in [6.07, 6.45) is 2.44. The molecule has 0 radical (unpaired) electrons. The van der Waals surface area contributed by atoms with Crippen LogP contribution >= 0.6 is 0 Å². The second kappa shape index (κ2) is 9.22. The Kier molecular flexibility index (Phi) is 6.65. The predicted molar refractivity (Wildman–Crippen MR) is 123 cm³/mol. The SMILES string of the molecule is CC(C)NC(=O)N1C2CC(C2)[C@H](NS(C)(=O)=O)[C@@H]1Cc1cccc(-c2cc(F)cc(F)c2)c1F. The second-order valence-electron chi connectivity index (χ2n) is 9.52. The fraction of sp³-hybridized carbons (Fsp3) is 0.458. The van der Waals surface area contributed by atoms with Crippen molar-refractivity contribution >= 4 is 16.1 Å². The molecule has 0 spiro atoms. The number of urea groups is 1. The Labute approximate surface area is 197 Å². The van der Waals surface area contributed by atoms with Gasteiger partial charge < -0.3 is 10.2 Å². The minimum Gasteiger partial charge on any atom is -0.336 e. The van der Waals surface area contributed by atoms with Gasteiger partial charge in [-0.1, -0.05) is 18.2 Å². The molecule has 0 aromatic heterocycles. The van der Waals surface area contributed by atoms with Crippen molar-refractivity contribution in [3.8, 4) is 11.1 Å². The van der Waals surface area contributed by atoms with E-state index in [2.05, 4.69) is 10.0 Å². The van der Waals surface area contributed by atoms with E-state index in [9.17, 15) is 22.0 Å². The number of halogens is 3. The monoisotopic (exact) mass is 495 g/mol. The molecule has 2 N–H and O–H groups in total. The predicted octanol–water partition coefficient (Wildman–Crippen LogP) is 3.81. The highest BCUT2D eigenvalue weighted by atomic mass is 32.2. The molecule has 5 rings (SSSR count). The van der Waals surface area contributed by atoms with Crippen molar-refractivity contribution in [1.29, 1.82) is 0 Å². The molecule has 2 saturated heterocycles. The van der Waals surface area contributed by atoms with E-state index in [0.717, 1.165) is 18.4 Å². The van der Waals surface area contributed by atoms with E-state index < -0.39 is 39.6 Å². The summed E-state index contributed by atoms with van der Waals surface area (Å²) in [4.78, 5) is 14.7. The highest BCUT2D eigenvalue weighted by Gasteiger charge is 2.53. The molecule has 1 aliphatic carbocycles. The van der Waals surface area contributed by atoms with Gasteiger partial charge in [0.15, 0.2) is 0 Å². The Balaban J connectivity index is 1.72. The minimum atomic E-state index is -3.59. The summed E-state index contributed by atoms with van der Waals surface area (Å²) in [5, 5.41) is 2.86. The molecule has 0 unspecified atom stereocenters. The van der Waals surface area contributed by atoms with Crippen LogP contribution in [0.15, 0.2) is 36.4 Å². The average molecular weight is 496 g/mol. The van der Waals surface area contributed by atoms with Crippen molar-refractivity contribution in [3.05, 3.63) is 59.4 Å².